The Balaban J connectivity index is 1.67. The van der Waals surface area contributed by atoms with Crippen molar-refractivity contribution in [2.45, 2.75) is 0 Å². The van der Waals surface area contributed by atoms with Gasteiger partial charge in [-0.15, -0.1) is 0 Å². The van der Waals surface area contributed by atoms with Gasteiger partial charge in [-0.05, 0) is 30.3 Å². The lowest BCUT2D eigenvalue weighted by Gasteiger charge is -2.13. The number of hydrogen-bond donors (Lipinski definition) is 0. The zero-order chi connectivity index (χ0) is 17.1. The lowest BCUT2D eigenvalue weighted by atomic mass is 10.2. The van der Waals surface area contributed by atoms with Crippen molar-refractivity contribution in [1.29, 1.82) is 0 Å². The number of carbonyl (C=O) groups excluding carboxylic acids is 2. The summed E-state index contributed by atoms with van der Waals surface area (Å²) in [6.07, 6.45) is 0. The number of ether oxygens (including phenoxy) is 1. The first kappa shape index (κ1) is 15.8. The Morgan fingerprint density at radius 1 is 1.04 bits per heavy atom. The molecule has 0 atom stereocenters. The zero-order valence-corrected chi connectivity index (χ0v) is 13.5. The standard InChI is InChI=1S/C19H17NO4/c1-20(2)15-8-5-7-14(10-15)19(22)23-12-16(21)18-11-13-6-3-4-9-17(13)24-18/h3-11H,12H2,1-2H3. The van der Waals surface area contributed by atoms with E-state index in [0.29, 0.717) is 11.1 Å². The molecular weight excluding hydrogens is 306 g/mol. The van der Waals surface area contributed by atoms with Crippen molar-refractivity contribution in [2.75, 3.05) is 25.6 Å². The van der Waals surface area contributed by atoms with Gasteiger partial charge in [0.1, 0.15) is 5.58 Å². The predicted molar refractivity (Wildman–Crippen MR) is 91.6 cm³/mol. The van der Waals surface area contributed by atoms with Gasteiger partial charge in [0.15, 0.2) is 12.4 Å². The number of anilines is 1. The third kappa shape index (κ3) is 3.30. The van der Waals surface area contributed by atoms with Gasteiger partial charge in [-0.1, -0.05) is 24.3 Å². The normalized spacial score (nSPS) is 10.6. The second kappa shape index (κ2) is 6.58. The summed E-state index contributed by atoms with van der Waals surface area (Å²) in [6, 6.07) is 16.0. The van der Waals surface area contributed by atoms with Crippen molar-refractivity contribution < 1.29 is 18.7 Å². The molecule has 0 aliphatic carbocycles. The average Bonchev–Trinajstić information content (AvgIpc) is 3.03. The van der Waals surface area contributed by atoms with E-state index >= 15 is 0 Å². The van der Waals surface area contributed by atoms with Crippen molar-refractivity contribution in [3.63, 3.8) is 0 Å². The molecule has 0 fully saturated rings. The summed E-state index contributed by atoms with van der Waals surface area (Å²) in [4.78, 5) is 26.1. The van der Waals surface area contributed by atoms with Gasteiger partial charge < -0.3 is 14.1 Å². The second-order valence-electron chi connectivity index (χ2n) is 5.59. The Morgan fingerprint density at radius 3 is 2.58 bits per heavy atom. The van der Waals surface area contributed by atoms with Crippen molar-refractivity contribution in [2.24, 2.45) is 0 Å². The van der Waals surface area contributed by atoms with E-state index in [1.807, 2.05) is 43.3 Å². The highest BCUT2D eigenvalue weighted by molar-refractivity contribution is 6.00. The fourth-order valence-electron chi connectivity index (χ4n) is 2.32. The van der Waals surface area contributed by atoms with Gasteiger partial charge in [0.25, 0.3) is 0 Å². The van der Waals surface area contributed by atoms with Crippen molar-refractivity contribution >= 4 is 28.4 Å². The number of Topliss-reactive ketones (excluding diaryl/α,β-unsaturated/α-hetero) is 1. The van der Waals surface area contributed by atoms with Gasteiger partial charge in [-0.25, -0.2) is 4.79 Å². The molecule has 5 heteroatoms. The molecule has 1 aromatic heterocycles. The molecular formula is C19H17NO4. The molecule has 24 heavy (non-hydrogen) atoms. The third-order valence-electron chi connectivity index (χ3n) is 3.63. The molecule has 0 saturated heterocycles. The van der Waals surface area contributed by atoms with Crippen LogP contribution < -0.4 is 4.90 Å². The Labute approximate surface area is 139 Å². The molecule has 5 nitrogen and oxygen atoms in total. The summed E-state index contributed by atoms with van der Waals surface area (Å²) in [5, 5.41) is 0.839. The molecule has 0 spiro atoms. The summed E-state index contributed by atoms with van der Waals surface area (Å²) in [7, 11) is 3.77. The minimum atomic E-state index is -0.539. The average molecular weight is 323 g/mol. The largest absolute Gasteiger partial charge is 0.454 e. The highest BCUT2D eigenvalue weighted by Crippen LogP contribution is 2.19. The third-order valence-corrected chi connectivity index (χ3v) is 3.63. The van der Waals surface area contributed by atoms with Crippen LogP contribution in [-0.4, -0.2) is 32.5 Å². The maximum Gasteiger partial charge on any atom is 0.338 e. The number of rotatable bonds is 5. The number of esters is 1. The van der Waals surface area contributed by atoms with Crippen molar-refractivity contribution in [1.82, 2.24) is 0 Å². The van der Waals surface area contributed by atoms with Crippen LogP contribution in [0.5, 0.6) is 0 Å². The molecule has 0 unspecified atom stereocenters. The van der Waals surface area contributed by atoms with Crippen LogP contribution in [0.3, 0.4) is 0 Å². The zero-order valence-electron chi connectivity index (χ0n) is 13.5. The monoisotopic (exact) mass is 323 g/mol. The molecule has 1 heterocycles. The van der Waals surface area contributed by atoms with E-state index in [4.69, 9.17) is 9.15 Å². The maximum atomic E-state index is 12.1. The fraction of sp³-hybridized carbons (Fsp3) is 0.158. The highest BCUT2D eigenvalue weighted by atomic mass is 16.5. The lowest BCUT2D eigenvalue weighted by Crippen LogP contribution is -2.15. The molecule has 122 valence electrons. The summed E-state index contributed by atoms with van der Waals surface area (Å²) in [5.41, 5.74) is 1.91. The van der Waals surface area contributed by atoms with Crippen LogP contribution in [0.4, 0.5) is 5.69 Å². The topological polar surface area (TPSA) is 59.8 Å². The van der Waals surface area contributed by atoms with Crippen molar-refractivity contribution in [3.8, 4) is 0 Å². The molecule has 0 radical (unpaired) electrons. The Hall–Kier alpha value is -3.08. The van der Waals surface area contributed by atoms with E-state index in [2.05, 4.69) is 0 Å². The molecule has 3 aromatic rings. The number of carbonyl (C=O) groups is 2. The SMILES string of the molecule is CN(C)c1cccc(C(=O)OCC(=O)c2cc3ccccc3o2)c1. The Morgan fingerprint density at radius 2 is 1.83 bits per heavy atom. The number of furan rings is 1. The second-order valence-corrected chi connectivity index (χ2v) is 5.59. The van der Waals surface area contributed by atoms with Gasteiger partial charge in [0, 0.05) is 25.2 Å². The number of fused-ring (bicyclic) bond motifs is 1. The minimum Gasteiger partial charge on any atom is -0.454 e. The van der Waals surface area contributed by atoms with Crippen LogP contribution in [-0.2, 0) is 4.74 Å². The molecule has 0 aliphatic heterocycles. The summed E-state index contributed by atoms with van der Waals surface area (Å²) in [5.74, 6) is -0.725. The number of ketones is 1. The van der Waals surface area contributed by atoms with E-state index in [1.165, 1.54) is 0 Å². The molecule has 0 bridgehead atoms. The highest BCUT2D eigenvalue weighted by Gasteiger charge is 2.16. The summed E-state index contributed by atoms with van der Waals surface area (Å²) >= 11 is 0. The van der Waals surface area contributed by atoms with Crippen LogP contribution in [0.15, 0.2) is 59.0 Å². The van der Waals surface area contributed by atoms with Crippen LogP contribution in [0, 0.1) is 0 Å². The van der Waals surface area contributed by atoms with Gasteiger partial charge in [-0.2, -0.15) is 0 Å². The summed E-state index contributed by atoms with van der Waals surface area (Å²) in [6.45, 7) is -0.356. The minimum absolute atomic E-state index is 0.186. The maximum absolute atomic E-state index is 12.1. The predicted octanol–water partition coefficient (Wildman–Crippen LogP) is 3.54. The van der Waals surface area contributed by atoms with Crippen LogP contribution >= 0.6 is 0 Å². The first-order valence-electron chi connectivity index (χ1n) is 7.51. The number of nitrogens with zero attached hydrogens (tertiary/aromatic N) is 1. The van der Waals surface area contributed by atoms with E-state index < -0.39 is 5.97 Å². The summed E-state index contributed by atoms with van der Waals surface area (Å²) < 4.78 is 10.6. The van der Waals surface area contributed by atoms with E-state index in [1.54, 1.807) is 30.3 Å². The molecule has 3 rings (SSSR count). The van der Waals surface area contributed by atoms with E-state index in [0.717, 1.165) is 11.1 Å². The van der Waals surface area contributed by atoms with Crippen molar-refractivity contribution in [3.05, 3.63) is 65.9 Å². The molecule has 0 N–H and O–H groups in total. The smallest absolute Gasteiger partial charge is 0.338 e. The first-order chi connectivity index (χ1) is 11.5. The number of para-hydroxylation sites is 1. The fourth-order valence-corrected chi connectivity index (χ4v) is 2.32. The molecule has 0 amide bonds. The number of hydrogen-bond acceptors (Lipinski definition) is 5. The molecule has 2 aromatic carbocycles. The Bertz CT molecular complexity index is 862. The van der Waals surface area contributed by atoms with E-state index in [-0.39, 0.29) is 18.2 Å². The first-order valence-corrected chi connectivity index (χ1v) is 7.51. The van der Waals surface area contributed by atoms with Gasteiger partial charge in [0.2, 0.25) is 5.78 Å². The molecule has 0 aliphatic rings. The van der Waals surface area contributed by atoms with Crippen LogP contribution in [0.1, 0.15) is 20.9 Å². The van der Waals surface area contributed by atoms with Gasteiger partial charge >= 0.3 is 5.97 Å². The quantitative estimate of drug-likeness (QED) is 0.531. The van der Waals surface area contributed by atoms with Gasteiger partial charge in [-0.3, -0.25) is 4.79 Å². The molecule has 0 saturated carbocycles. The van der Waals surface area contributed by atoms with Crippen LogP contribution in [0.2, 0.25) is 0 Å². The van der Waals surface area contributed by atoms with Crippen LogP contribution in [0.25, 0.3) is 11.0 Å². The lowest BCUT2D eigenvalue weighted by molar-refractivity contribution is 0.0468. The van der Waals surface area contributed by atoms with E-state index in [9.17, 15) is 9.59 Å². The number of benzene rings is 2. The Kier molecular flexibility index (Phi) is 4.33. The van der Waals surface area contributed by atoms with Gasteiger partial charge in [0.05, 0.1) is 5.56 Å².